The minimum absolute atomic E-state index is 0.356. The van der Waals surface area contributed by atoms with Crippen molar-refractivity contribution in [3.8, 4) is 22.4 Å². The summed E-state index contributed by atoms with van der Waals surface area (Å²) in [5.41, 5.74) is 10.9. The van der Waals surface area contributed by atoms with E-state index in [1.54, 1.807) is 0 Å². The molecule has 0 atom stereocenters. The predicted octanol–water partition coefficient (Wildman–Crippen LogP) is 4.50. The predicted molar refractivity (Wildman–Crippen MR) is 89.2 cm³/mol. The molecule has 0 amide bonds. The number of nitrogen functional groups attached to an aromatic ring is 1. The lowest BCUT2D eigenvalue weighted by molar-refractivity contribution is 0.439. The van der Waals surface area contributed by atoms with Crippen molar-refractivity contribution in [2.24, 2.45) is 0 Å². The summed E-state index contributed by atoms with van der Waals surface area (Å²) in [5, 5.41) is 4.16. The van der Waals surface area contributed by atoms with Crippen molar-refractivity contribution in [1.29, 1.82) is 0 Å². The molecule has 2 N–H and O–H groups in total. The first-order valence-electron chi connectivity index (χ1n) is 6.24. The van der Waals surface area contributed by atoms with Gasteiger partial charge in [-0.3, -0.25) is 0 Å². The summed E-state index contributed by atoms with van der Waals surface area (Å²) in [6.07, 6.45) is 0. The van der Waals surface area contributed by atoms with Crippen LogP contribution in [-0.4, -0.2) is 5.16 Å². The Bertz CT molecular complexity index is 765. The number of aryl methyl sites for hydroxylation is 1. The normalized spacial score (nSPS) is 10.7. The standard InChI is InChI=1S/C16H13IN2O/c1-10-6-2-3-7-11(10)14-15(19-20-16(14)18)12-8-4-5-9-13(12)17/h2-9H,18H2,1H3. The van der Waals surface area contributed by atoms with E-state index >= 15 is 0 Å². The Labute approximate surface area is 130 Å². The molecule has 0 saturated heterocycles. The van der Waals surface area contributed by atoms with E-state index in [0.29, 0.717) is 5.88 Å². The molecule has 0 fully saturated rings. The van der Waals surface area contributed by atoms with Gasteiger partial charge < -0.3 is 10.3 Å². The first-order valence-corrected chi connectivity index (χ1v) is 7.32. The van der Waals surface area contributed by atoms with Crippen molar-refractivity contribution in [3.05, 3.63) is 57.7 Å². The summed E-state index contributed by atoms with van der Waals surface area (Å²) in [6, 6.07) is 16.2. The van der Waals surface area contributed by atoms with Crippen molar-refractivity contribution < 1.29 is 4.52 Å². The Morgan fingerprint density at radius 2 is 1.65 bits per heavy atom. The van der Waals surface area contributed by atoms with Gasteiger partial charge in [0.05, 0.1) is 5.56 Å². The van der Waals surface area contributed by atoms with Crippen LogP contribution >= 0.6 is 22.6 Å². The van der Waals surface area contributed by atoms with Gasteiger partial charge in [0.1, 0.15) is 5.69 Å². The lowest BCUT2D eigenvalue weighted by Crippen LogP contribution is -1.91. The first-order chi connectivity index (χ1) is 9.68. The second kappa shape index (κ2) is 5.28. The Morgan fingerprint density at radius 3 is 2.35 bits per heavy atom. The molecule has 2 aromatic carbocycles. The van der Waals surface area contributed by atoms with Crippen LogP contribution in [0, 0.1) is 10.5 Å². The Hall–Kier alpha value is -1.82. The second-order valence-corrected chi connectivity index (χ2v) is 5.73. The van der Waals surface area contributed by atoms with Crippen LogP contribution in [0.2, 0.25) is 0 Å². The zero-order valence-corrected chi connectivity index (χ0v) is 13.1. The highest BCUT2D eigenvalue weighted by Crippen LogP contribution is 2.38. The fraction of sp³-hybridized carbons (Fsp3) is 0.0625. The van der Waals surface area contributed by atoms with E-state index in [1.165, 1.54) is 0 Å². The third-order valence-corrected chi connectivity index (χ3v) is 4.20. The third-order valence-electron chi connectivity index (χ3n) is 3.26. The number of anilines is 1. The molecule has 0 bridgehead atoms. The number of rotatable bonds is 2. The maximum absolute atomic E-state index is 6.00. The van der Waals surface area contributed by atoms with E-state index in [0.717, 1.165) is 31.5 Å². The fourth-order valence-electron chi connectivity index (χ4n) is 2.25. The maximum atomic E-state index is 6.00. The second-order valence-electron chi connectivity index (χ2n) is 4.57. The Balaban J connectivity index is 2.26. The molecule has 0 aliphatic heterocycles. The molecule has 0 aliphatic carbocycles. The van der Waals surface area contributed by atoms with E-state index in [4.69, 9.17) is 10.3 Å². The number of hydrogen-bond acceptors (Lipinski definition) is 3. The number of benzene rings is 2. The van der Waals surface area contributed by atoms with Crippen LogP contribution in [0.1, 0.15) is 5.56 Å². The van der Waals surface area contributed by atoms with Gasteiger partial charge in [-0.05, 0) is 46.7 Å². The molecule has 3 nitrogen and oxygen atoms in total. The van der Waals surface area contributed by atoms with E-state index < -0.39 is 0 Å². The number of halogens is 1. The van der Waals surface area contributed by atoms with Gasteiger partial charge in [-0.1, -0.05) is 47.6 Å². The highest BCUT2D eigenvalue weighted by molar-refractivity contribution is 14.1. The van der Waals surface area contributed by atoms with Crippen LogP contribution in [0.25, 0.3) is 22.4 Å². The summed E-state index contributed by atoms with van der Waals surface area (Å²) >= 11 is 2.30. The molecule has 100 valence electrons. The quantitative estimate of drug-likeness (QED) is 0.670. The molecule has 0 saturated carbocycles. The van der Waals surface area contributed by atoms with Gasteiger partial charge in [-0.25, -0.2) is 0 Å². The van der Waals surface area contributed by atoms with Gasteiger partial charge in [0.15, 0.2) is 0 Å². The van der Waals surface area contributed by atoms with Crippen LogP contribution in [0.3, 0.4) is 0 Å². The summed E-state index contributed by atoms with van der Waals surface area (Å²) in [6.45, 7) is 2.06. The van der Waals surface area contributed by atoms with Crippen LogP contribution in [0.15, 0.2) is 53.1 Å². The van der Waals surface area contributed by atoms with Crippen LogP contribution < -0.4 is 5.73 Å². The third kappa shape index (κ3) is 2.20. The SMILES string of the molecule is Cc1ccccc1-c1c(-c2ccccc2I)noc1N. The molecule has 0 aliphatic rings. The van der Waals surface area contributed by atoms with Gasteiger partial charge >= 0.3 is 0 Å². The zero-order chi connectivity index (χ0) is 14.1. The van der Waals surface area contributed by atoms with Crippen molar-refractivity contribution in [3.63, 3.8) is 0 Å². The molecule has 0 spiro atoms. The van der Waals surface area contributed by atoms with E-state index in [2.05, 4.69) is 40.7 Å². The summed E-state index contributed by atoms with van der Waals surface area (Å²) < 4.78 is 6.36. The highest BCUT2D eigenvalue weighted by Gasteiger charge is 2.19. The lowest BCUT2D eigenvalue weighted by atomic mass is 9.97. The van der Waals surface area contributed by atoms with Crippen molar-refractivity contribution in [1.82, 2.24) is 5.16 Å². The zero-order valence-electron chi connectivity index (χ0n) is 10.9. The van der Waals surface area contributed by atoms with Gasteiger partial charge in [0.25, 0.3) is 0 Å². The largest absolute Gasteiger partial charge is 0.367 e. The van der Waals surface area contributed by atoms with Crippen LogP contribution in [0.5, 0.6) is 0 Å². The van der Waals surface area contributed by atoms with Crippen LogP contribution in [-0.2, 0) is 0 Å². The molecule has 0 radical (unpaired) electrons. The molecule has 0 unspecified atom stereocenters. The monoisotopic (exact) mass is 376 g/mol. The van der Waals surface area contributed by atoms with Gasteiger partial charge in [0, 0.05) is 9.13 Å². The smallest absolute Gasteiger partial charge is 0.230 e. The molecule has 1 heterocycles. The topological polar surface area (TPSA) is 52.0 Å². The van der Waals surface area contributed by atoms with Crippen LogP contribution in [0.4, 0.5) is 5.88 Å². The van der Waals surface area contributed by atoms with Gasteiger partial charge in [-0.15, -0.1) is 0 Å². The van der Waals surface area contributed by atoms with Crippen molar-refractivity contribution >= 4 is 28.5 Å². The van der Waals surface area contributed by atoms with Gasteiger partial charge in [-0.2, -0.15) is 0 Å². The number of nitrogens with zero attached hydrogens (tertiary/aromatic N) is 1. The molecule has 20 heavy (non-hydrogen) atoms. The minimum Gasteiger partial charge on any atom is -0.367 e. The average Bonchev–Trinajstić information content (AvgIpc) is 2.82. The summed E-state index contributed by atoms with van der Waals surface area (Å²) in [5.74, 6) is 0.356. The maximum Gasteiger partial charge on any atom is 0.230 e. The van der Waals surface area contributed by atoms with Crippen molar-refractivity contribution in [2.45, 2.75) is 6.92 Å². The lowest BCUT2D eigenvalue weighted by Gasteiger charge is -2.07. The van der Waals surface area contributed by atoms with Crippen molar-refractivity contribution in [2.75, 3.05) is 5.73 Å². The number of hydrogen-bond donors (Lipinski definition) is 1. The highest BCUT2D eigenvalue weighted by atomic mass is 127. The molecular weight excluding hydrogens is 363 g/mol. The Kier molecular flexibility index (Phi) is 3.48. The minimum atomic E-state index is 0.356. The van der Waals surface area contributed by atoms with E-state index in [9.17, 15) is 0 Å². The summed E-state index contributed by atoms with van der Waals surface area (Å²) in [7, 11) is 0. The molecule has 4 heteroatoms. The van der Waals surface area contributed by atoms with Gasteiger partial charge in [0.2, 0.25) is 5.88 Å². The molecular formula is C16H13IN2O. The fourth-order valence-corrected chi connectivity index (χ4v) is 2.90. The summed E-state index contributed by atoms with van der Waals surface area (Å²) in [4.78, 5) is 0. The molecule has 3 aromatic rings. The first kappa shape index (κ1) is 13.2. The molecule has 3 rings (SSSR count). The van der Waals surface area contributed by atoms with E-state index in [-0.39, 0.29) is 0 Å². The van der Waals surface area contributed by atoms with E-state index in [1.807, 2.05) is 42.5 Å². The average molecular weight is 376 g/mol. The molecule has 1 aromatic heterocycles. The Morgan fingerprint density at radius 1 is 1.00 bits per heavy atom. The number of aromatic nitrogens is 1. The number of nitrogens with two attached hydrogens (primary N) is 1.